The molecule has 0 saturated heterocycles. The molecule has 2 N–H and O–H groups in total. The van der Waals surface area contributed by atoms with Crippen LogP contribution >= 0.6 is 0 Å². The molecule has 2 heterocycles. The van der Waals surface area contributed by atoms with E-state index in [0.717, 1.165) is 35.7 Å². The Morgan fingerprint density at radius 2 is 2.10 bits per heavy atom. The number of fused-ring (bicyclic) bond motifs is 1. The third kappa shape index (κ3) is 2.46. The minimum absolute atomic E-state index is 0.295. The molecule has 1 aliphatic carbocycles. The topological polar surface area (TPSA) is 56.7 Å². The van der Waals surface area contributed by atoms with E-state index in [1.54, 1.807) is 0 Å². The van der Waals surface area contributed by atoms with Crippen molar-refractivity contribution in [3.05, 3.63) is 24.2 Å². The largest absolute Gasteiger partial charge is 0.319 e. The van der Waals surface area contributed by atoms with Crippen LogP contribution in [0.25, 0.3) is 11.2 Å². The molecule has 0 aliphatic heterocycles. The molecule has 0 spiro atoms. The average Bonchev–Trinajstić information content (AvgIpc) is 2.88. The first-order chi connectivity index (χ1) is 10.0. The zero-order chi connectivity index (χ0) is 15.0. The van der Waals surface area contributed by atoms with Crippen molar-refractivity contribution in [3.8, 4) is 0 Å². The number of aromatic nitrogens is 3. The molecule has 0 aromatic carbocycles. The lowest BCUT2D eigenvalue weighted by atomic mass is 9.75. The van der Waals surface area contributed by atoms with E-state index in [1.165, 1.54) is 19.3 Å². The third-order valence-electron chi connectivity index (χ3n) is 4.99. The molecule has 4 nitrogen and oxygen atoms in total. The maximum absolute atomic E-state index is 6.79. The Morgan fingerprint density at radius 3 is 2.71 bits per heavy atom. The smallest absolute Gasteiger partial charge is 0.160 e. The Balaban J connectivity index is 2.05. The van der Waals surface area contributed by atoms with Gasteiger partial charge >= 0.3 is 0 Å². The van der Waals surface area contributed by atoms with Gasteiger partial charge in [-0.1, -0.05) is 13.3 Å². The minimum Gasteiger partial charge on any atom is -0.319 e. The van der Waals surface area contributed by atoms with Crippen molar-refractivity contribution in [2.75, 3.05) is 0 Å². The molecule has 21 heavy (non-hydrogen) atoms. The van der Waals surface area contributed by atoms with E-state index in [-0.39, 0.29) is 5.54 Å². The summed E-state index contributed by atoms with van der Waals surface area (Å²) in [5.41, 5.74) is 8.42. The molecule has 1 aliphatic rings. The van der Waals surface area contributed by atoms with E-state index < -0.39 is 0 Å². The van der Waals surface area contributed by atoms with Crippen molar-refractivity contribution in [1.29, 1.82) is 0 Å². The summed E-state index contributed by atoms with van der Waals surface area (Å²) >= 11 is 0. The van der Waals surface area contributed by atoms with Gasteiger partial charge in [0.1, 0.15) is 11.3 Å². The Bertz CT molecular complexity index is 621. The molecule has 4 heteroatoms. The van der Waals surface area contributed by atoms with Crippen LogP contribution in [0.1, 0.15) is 64.7 Å². The Hall–Kier alpha value is -1.42. The standard InChI is InChI=1S/C17H26N4/c1-4-13-7-9-17(18,10-8-13)16-20-14-6-5-11-19-15(14)21(16)12(2)3/h5-6,11-13H,4,7-10,18H2,1-3H3. The minimum atomic E-state index is -0.295. The molecule has 114 valence electrons. The monoisotopic (exact) mass is 286 g/mol. The number of nitrogens with two attached hydrogens (primary N) is 1. The van der Waals surface area contributed by atoms with Gasteiger partial charge in [-0.15, -0.1) is 0 Å². The lowest BCUT2D eigenvalue weighted by Gasteiger charge is -2.37. The molecule has 1 fully saturated rings. The highest BCUT2D eigenvalue weighted by molar-refractivity contribution is 5.71. The van der Waals surface area contributed by atoms with E-state index in [4.69, 9.17) is 10.7 Å². The molecule has 1 saturated carbocycles. The summed E-state index contributed by atoms with van der Waals surface area (Å²) < 4.78 is 2.24. The summed E-state index contributed by atoms with van der Waals surface area (Å²) in [6.45, 7) is 6.64. The molecule has 0 radical (unpaired) electrons. The lowest BCUT2D eigenvalue weighted by molar-refractivity contribution is 0.215. The highest BCUT2D eigenvalue weighted by atomic mass is 15.2. The van der Waals surface area contributed by atoms with Gasteiger partial charge in [0.25, 0.3) is 0 Å². The fourth-order valence-corrected chi connectivity index (χ4v) is 3.59. The van der Waals surface area contributed by atoms with Crippen LogP contribution in [0.15, 0.2) is 18.3 Å². The van der Waals surface area contributed by atoms with Crippen molar-refractivity contribution >= 4 is 11.2 Å². The molecule has 0 amide bonds. The fraction of sp³-hybridized carbons (Fsp3) is 0.647. The van der Waals surface area contributed by atoms with Crippen LogP contribution in [0.5, 0.6) is 0 Å². The molecule has 2 aromatic rings. The fourth-order valence-electron chi connectivity index (χ4n) is 3.59. The van der Waals surface area contributed by atoms with Gasteiger partial charge in [0.2, 0.25) is 0 Å². The molecular weight excluding hydrogens is 260 g/mol. The van der Waals surface area contributed by atoms with Crippen LogP contribution < -0.4 is 5.73 Å². The summed E-state index contributed by atoms with van der Waals surface area (Å²) in [7, 11) is 0. The van der Waals surface area contributed by atoms with Crippen LogP contribution in [-0.4, -0.2) is 14.5 Å². The van der Waals surface area contributed by atoms with Crippen molar-refractivity contribution < 1.29 is 0 Å². The lowest BCUT2D eigenvalue weighted by Crippen LogP contribution is -2.43. The van der Waals surface area contributed by atoms with E-state index in [9.17, 15) is 0 Å². The second-order valence-electron chi connectivity index (χ2n) is 6.75. The average molecular weight is 286 g/mol. The summed E-state index contributed by atoms with van der Waals surface area (Å²) in [5, 5.41) is 0. The summed E-state index contributed by atoms with van der Waals surface area (Å²) in [5.74, 6) is 1.86. The normalized spacial score (nSPS) is 26.6. The first-order valence-corrected chi connectivity index (χ1v) is 8.17. The molecule has 2 aromatic heterocycles. The van der Waals surface area contributed by atoms with Crippen molar-refractivity contribution in [1.82, 2.24) is 14.5 Å². The summed E-state index contributed by atoms with van der Waals surface area (Å²) in [6, 6.07) is 4.30. The zero-order valence-corrected chi connectivity index (χ0v) is 13.3. The van der Waals surface area contributed by atoms with Crippen LogP contribution in [0.3, 0.4) is 0 Å². The van der Waals surface area contributed by atoms with Gasteiger partial charge in [-0.2, -0.15) is 0 Å². The van der Waals surface area contributed by atoms with Crippen molar-refractivity contribution in [2.24, 2.45) is 11.7 Å². The molecule has 0 unspecified atom stereocenters. The van der Waals surface area contributed by atoms with Gasteiger partial charge < -0.3 is 10.3 Å². The van der Waals surface area contributed by atoms with Crippen LogP contribution in [-0.2, 0) is 5.54 Å². The van der Waals surface area contributed by atoms with E-state index in [1.807, 2.05) is 18.3 Å². The Kier molecular flexibility index (Phi) is 3.74. The van der Waals surface area contributed by atoms with Gasteiger partial charge in [0.05, 0.1) is 5.54 Å². The number of imidazole rings is 1. The van der Waals surface area contributed by atoms with Gasteiger partial charge in [-0.3, -0.25) is 0 Å². The highest BCUT2D eigenvalue weighted by Crippen LogP contribution is 2.39. The van der Waals surface area contributed by atoms with Crippen molar-refractivity contribution in [3.63, 3.8) is 0 Å². The predicted molar refractivity (Wildman–Crippen MR) is 86.0 cm³/mol. The van der Waals surface area contributed by atoms with E-state index in [2.05, 4.69) is 30.3 Å². The maximum Gasteiger partial charge on any atom is 0.160 e. The molecule has 0 atom stereocenters. The number of rotatable bonds is 3. The number of pyridine rings is 1. The van der Waals surface area contributed by atoms with E-state index >= 15 is 0 Å². The SMILES string of the molecule is CCC1CCC(N)(c2nc3cccnc3n2C(C)C)CC1. The highest BCUT2D eigenvalue weighted by Gasteiger charge is 2.37. The number of hydrogen-bond acceptors (Lipinski definition) is 3. The van der Waals surface area contributed by atoms with Crippen LogP contribution in [0.4, 0.5) is 0 Å². The second kappa shape index (κ2) is 5.41. The molecular formula is C17H26N4. The Labute approximate surface area is 126 Å². The first-order valence-electron chi connectivity index (χ1n) is 8.17. The van der Waals surface area contributed by atoms with Crippen LogP contribution in [0, 0.1) is 5.92 Å². The quantitative estimate of drug-likeness (QED) is 0.934. The molecule has 3 rings (SSSR count). The Morgan fingerprint density at radius 1 is 1.38 bits per heavy atom. The zero-order valence-electron chi connectivity index (χ0n) is 13.3. The summed E-state index contributed by atoms with van der Waals surface area (Å²) in [6.07, 6.45) is 7.58. The van der Waals surface area contributed by atoms with Gasteiger partial charge in [-0.25, -0.2) is 9.97 Å². The van der Waals surface area contributed by atoms with Crippen molar-refractivity contribution in [2.45, 2.75) is 64.5 Å². The van der Waals surface area contributed by atoms with Gasteiger partial charge in [-0.05, 0) is 57.6 Å². The van der Waals surface area contributed by atoms with E-state index in [0.29, 0.717) is 6.04 Å². The number of hydrogen-bond donors (Lipinski definition) is 1. The predicted octanol–water partition coefficient (Wildman–Crippen LogP) is 3.77. The van der Waals surface area contributed by atoms with Crippen LogP contribution in [0.2, 0.25) is 0 Å². The van der Waals surface area contributed by atoms with Gasteiger partial charge in [0.15, 0.2) is 5.65 Å². The number of nitrogens with zero attached hydrogens (tertiary/aromatic N) is 3. The van der Waals surface area contributed by atoms with Gasteiger partial charge in [0, 0.05) is 12.2 Å². The summed E-state index contributed by atoms with van der Waals surface area (Å²) in [4.78, 5) is 9.38. The molecule has 0 bridgehead atoms. The third-order valence-corrected chi connectivity index (χ3v) is 4.99. The first kappa shape index (κ1) is 14.5. The second-order valence-corrected chi connectivity index (χ2v) is 6.75. The maximum atomic E-state index is 6.79.